The minimum absolute atomic E-state index is 0.451. The van der Waals surface area contributed by atoms with Crippen molar-refractivity contribution in [1.82, 2.24) is 14.9 Å². The second-order valence-electron chi connectivity index (χ2n) is 5.90. The SMILES string of the molecule is CCN(CC)c1ccc(/C=N/n2cnnc2)c(OCc2ccc(Cl)cc2)c1. The van der Waals surface area contributed by atoms with Gasteiger partial charge in [-0.2, -0.15) is 5.10 Å². The molecule has 3 aromatic rings. The predicted molar refractivity (Wildman–Crippen MR) is 109 cm³/mol. The van der Waals surface area contributed by atoms with Gasteiger partial charge in [0.2, 0.25) is 0 Å². The van der Waals surface area contributed by atoms with E-state index in [1.807, 2.05) is 30.3 Å². The summed E-state index contributed by atoms with van der Waals surface area (Å²) in [6.07, 6.45) is 4.82. The van der Waals surface area contributed by atoms with Crippen LogP contribution in [0.2, 0.25) is 5.02 Å². The molecule has 0 saturated heterocycles. The standard InChI is InChI=1S/C20H22ClN5O/c1-3-25(4-2)19-10-7-17(12-24-26-14-22-23-15-26)20(11-19)27-13-16-5-8-18(21)9-6-16/h5-12,14-15H,3-4,13H2,1-2H3/b24-12+. The highest BCUT2D eigenvalue weighted by Crippen LogP contribution is 2.26. The van der Waals surface area contributed by atoms with Gasteiger partial charge in [0.25, 0.3) is 0 Å². The third-order valence-electron chi connectivity index (χ3n) is 4.17. The molecule has 0 atom stereocenters. The first-order valence-corrected chi connectivity index (χ1v) is 9.22. The zero-order chi connectivity index (χ0) is 19.1. The van der Waals surface area contributed by atoms with E-state index in [0.717, 1.165) is 35.7 Å². The zero-order valence-corrected chi connectivity index (χ0v) is 16.2. The van der Waals surface area contributed by atoms with Crippen molar-refractivity contribution in [1.29, 1.82) is 0 Å². The summed E-state index contributed by atoms with van der Waals surface area (Å²) in [7, 11) is 0. The number of ether oxygens (including phenoxy) is 1. The van der Waals surface area contributed by atoms with Crippen LogP contribution >= 0.6 is 11.6 Å². The lowest BCUT2D eigenvalue weighted by atomic mass is 10.1. The number of aromatic nitrogens is 3. The van der Waals surface area contributed by atoms with Gasteiger partial charge in [-0.1, -0.05) is 23.7 Å². The average molecular weight is 384 g/mol. The maximum absolute atomic E-state index is 6.11. The number of rotatable bonds is 8. The van der Waals surface area contributed by atoms with Crippen molar-refractivity contribution in [2.24, 2.45) is 5.10 Å². The molecule has 0 aliphatic heterocycles. The Morgan fingerprint density at radius 2 is 1.78 bits per heavy atom. The van der Waals surface area contributed by atoms with Crippen LogP contribution in [0.3, 0.4) is 0 Å². The maximum Gasteiger partial charge on any atom is 0.141 e. The molecule has 0 fully saturated rings. The number of nitrogens with zero attached hydrogens (tertiary/aromatic N) is 5. The molecule has 0 saturated carbocycles. The molecule has 1 heterocycles. The lowest BCUT2D eigenvalue weighted by Gasteiger charge is -2.22. The van der Waals surface area contributed by atoms with Crippen molar-refractivity contribution >= 4 is 23.5 Å². The zero-order valence-electron chi connectivity index (χ0n) is 15.4. The van der Waals surface area contributed by atoms with E-state index in [1.165, 1.54) is 12.7 Å². The normalized spacial score (nSPS) is 11.1. The summed E-state index contributed by atoms with van der Waals surface area (Å²) in [5.74, 6) is 0.770. The second-order valence-corrected chi connectivity index (χ2v) is 6.33. The van der Waals surface area contributed by atoms with Crippen LogP contribution < -0.4 is 9.64 Å². The van der Waals surface area contributed by atoms with Crippen molar-refractivity contribution in [3.05, 3.63) is 71.3 Å². The van der Waals surface area contributed by atoms with Gasteiger partial charge in [0.1, 0.15) is 25.0 Å². The fourth-order valence-corrected chi connectivity index (χ4v) is 2.79. The van der Waals surface area contributed by atoms with E-state index in [2.05, 4.69) is 46.2 Å². The minimum Gasteiger partial charge on any atom is -0.488 e. The number of hydrogen-bond acceptors (Lipinski definition) is 5. The number of hydrogen-bond donors (Lipinski definition) is 0. The summed E-state index contributed by atoms with van der Waals surface area (Å²) in [4.78, 5) is 2.27. The summed E-state index contributed by atoms with van der Waals surface area (Å²) in [5, 5.41) is 12.5. The highest BCUT2D eigenvalue weighted by Gasteiger charge is 2.08. The van der Waals surface area contributed by atoms with Gasteiger partial charge in [-0.3, -0.25) is 0 Å². The van der Waals surface area contributed by atoms with Crippen LogP contribution in [0.4, 0.5) is 5.69 Å². The Labute approximate surface area is 164 Å². The van der Waals surface area contributed by atoms with Crippen LogP contribution in [0.5, 0.6) is 5.75 Å². The molecule has 0 amide bonds. The molecule has 3 rings (SSSR count). The van der Waals surface area contributed by atoms with Crippen molar-refractivity contribution in [3.8, 4) is 5.75 Å². The molecule has 0 aliphatic carbocycles. The number of halogens is 1. The molecule has 0 radical (unpaired) electrons. The number of benzene rings is 2. The average Bonchev–Trinajstić information content (AvgIpc) is 3.21. The van der Waals surface area contributed by atoms with Crippen LogP contribution in [0, 0.1) is 0 Å². The Morgan fingerprint density at radius 3 is 2.44 bits per heavy atom. The van der Waals surface area contributed by atoms with Crippen molar-refractivity contribution in [2.45, 2.75) is 20.5 Å². The summed E-state index contributed by atoms with van der Waals surface area (Å²) in [5.41, 5.74) is 3.05. The summed E-state index contributed by atoms with van der Waals surface area (Å²) >= 11 is 5.96. The van der Waals surface area contributed by atoms with Gasteiger partial charge >= 0.3 is 0 Å². The van der Waals surface area contributed by atoms with Crippen molar-refractivity contribution < 1.29 is 4.74 Å². The molecule has 140 valence electrons. The predicted octanol–water partition coefficient (Wildman–Crippen LogP) is 4.24. The van der Waals surface area contributed by atoms with E-state index in [0.29, 0.717) is 11.6 Å². The van der Waals surface area contributed by atoms with Gasteiger partial charge in [0.15, 0.2) is 0 Å². The number of anilines is 1. The largest absolute Gasteiger partial charge is 0.488 e. The van der Waals surface area contributed by atoms with E-state index >= 15 is 0 Å². The smallest absolute Gasteiger partial charge is 0.141 e. The summed E-state index contributed by atoms with van der Waals surface area (Å²) in [6, 6.07) is 13.8. The Kier molecular flexibility index (Phi) is 6.44. The molecule has 6 nitrogen and oxygen atoms in total. The third kappa shape index (κ3) is 5.08. The topological polar surface area (TPSA) is 55.5 Å². The van der Waals surface area contributed by atoms with Crippen LogP contribution in [0.1, 0.15) is 25.0 Å². The first-order chi connectivity index (χ1) is 13.2. The highest BCUT2D eigenvalue weighted by atomic mass is 35.5. The summed E-state index contributed by atoms with van der Waals surface area (Å²) < 4.78 is 7.65. The summed E-state index contributed by atoms with van der Waals surface area (Å²) in [6.45, 7) is 6.59. The third-order valence-corrected chi connectivity index (χ3v) is 4.42. The molecule has 7 heteroatoms. The fraction of sp³-hybridized carbons (Fsp3) is 0.250. The monoisotopic (exact) mass is 383 g/mol. The molecule has 0 bridgehead atoms. The molecule has 0 aliphatic rings. The van der Waals surface area contributed by atoms with Gasteiger partial charge in [-0.15, -0.1) is 10.2 Å². The van der Waals surface area contributed by atoms with Crippen molar-refractivity contribution in [2.75, 3.05) is 18.0 Å². The fourth-order valence-electron chi connectivity index (χ4n) is 2.67. The van der Waals surface area contributed by atoms with Crippen LogP contribution in [0.15, 0.2) is 60.2 Å². The molecule has 27 heavy (non-hydrogen) atoms. The molecule has 0 unspecified atom stereocenters. The molecular weight excluding hydrogens is 362 g/mol. The Hall–Kier alpha value is -2.86. The molecule has 0 N–H and O–H groups in total. The quantitative estimate of drug-likeness (QED) is 0.546. The van der Waals surface area contributed by atoms with E-state index < -0.39 is 0 Å². The Balaban J connectivity index is 1.85. The second kappa shape index (κ2) is 9.19. The van der Waals surface area contributed by atoms with Crippen LogP contribution in [-0.4, -0.2) is 34.2 Å². The lowest BCUT2D eigenvalue weighted by Crippen LogP contribution is -2.21. The van der Waals surface area contributed by atoms with Crippen LogP contribution in [0.25, 0.3) is 0 Å². The van der Waals surface area contributed by atoms with Crippen molar-refractivity contribution in [3.63, 3.8) is 0 Å². The van der Waals surface area contributed by atoms with Gasteiger partial charge in [0.05, 0.1) is 6.21 Å². The lowest BCUT2D eigenvalue weighted by molar-refractivity contribution is 0.306. The molecule has 2 aromatic carbocycles. The van der Waals surface area contributed by atoms with E-state index in [4.69, 9.17) is 16.3 Å². The Bertz CT molecular complexity index is 874. The first kappa shape index (κ1) is 18.9. The molecular formula is C20H22ClN5O. The minimum atomic E-state index is 0.451. The highest BCUT2D eigenvalue weighted by molar-refractivity contribution is 6.30. The molecule has 1 aromatic heterocycles. The maximum atomic E-state index is 6.11. The van der Waals surface area contributed by atoms with E-state index in [1.54, 1.807) is 10.9 Å². The van der Waals surface area contributed by atoms with Gasteiger partial charge < -0.3 is 9.64 Å². The van der Waals surface area contributed by atoms with E-state index in [-0.39, 0.29) is 0 Å². The van der Waals surface area contributed by atoms with Gasteiger partial charge in [0, 0.05) is 35.4 Å². The van der Waals surface area contributed by atoms with Gasteiger partial charge in [-0.25, -0.2) is 4.68 Å². The van der Waals surface area contributed by atoms with E-state index in [9.17, 15) is 0 Å². The first-order valence-electron chi connectivity index (χ1n) is 8.84. The Morgan fingerprint density at radius 1 is 1.07 bits per heavy atom. The molecule has 0 spiro atoms. The van der Waals surface area contributed by atoms with Gasteiger partial charge in [-0.05, 0) is 43.7 Å². The van der Waals surface area contributed by atoms with Crippen LogP contribution in [-0.2, 0) is 6.61 Å².